The summed E-state index contributed by atoms with van der Waals surface area (Å²) < 4.78 is 29.1. The van der Waals surface area contributed by atoms with E-state index >= 15 is 0 Å². The summed E-state index contributed by atoms with van der Waals surface area (Å²) in [5, 5.41) is 0. The maximum atomic E-state index is 12.1. The molecule has 0 aromatic heterocycles. The van der Waals surface area contributed by atoms with Crippen molar-refractivity contribution in [3.8, 4) is 5.75 Å². The van der Waals surface area contributed by atoms with Gasteiger partial charge in [-0.15, -0.1) is 0 Å². The van der Waals surface area contributed by atoms with Gasteiger partial charge in [0.05, 0.1) is 12.8 Å². The Labute approximate surface area is 114 Å². The van der Waals surface area contributed by atoms with E-state index in [1.807, 2.05) is 0 Å². The van der Waals surface area contributed by atoms with Gasteiger partial charge in [-0.1, -0.05) is 0 Å². The number of carbonyl (C=O) groups is 1. The normalized spacial score (nSPS) is 20.4. The largest absolute Gasteiger partial charge is 0.497 e. The number of anilines is 1. The van der Waals surface area contributed by atoms with Crippen LogP contribution in [0.1, 0.15) is 13.8 Å². The molecule has 1 aromatic carbocycles. The fourth-order valence-corrected chi connectivity index (χ4v) is 3.70. The van der Waals surface area contributed by atoms with E-state index in [0.717, 1.165) is 4.31 Å². The van der Waals surface area contributed by atoms with Gasteiger partial charge in [-0.3, -0.25) is 4.79 Å². The Morgan fingerprint density at radius 2 is 1.94 bits per heavy atom. The SMILES string of the molecule is COc1ccc(Br)c(N2C(=O)C(C)(C)S2(=O)=O)c1. The highest BCUT2D eigenvalue weighted by atomic mass is 79.9. The minimum Gasteiger partial charge on any atom is -0.497 e. The van der Waals surface area contributed by atoms with Crippen molar-refractivity contribution in [2.75, 3.05) is 11.4 Å². The number of benzene rings is 1. The van der Waals surface area contributed by atoms with Gasteiger partial charge in [0, 0.05) is 10.5 Å². The predicted molar refractivity (Wildman–Crippen MR) is 71.2 cm³/mol. The van der Waals surface area contributed by atoms with Crippen LogP contribution >= 0.6 is 15.9 Å². The third-order valence-corrected chi connectivity index (χ3v) is 5.94. The summed E-state index contributed by atoms with van der Waals surface area (Å²) in [5.41, 5.74) is 0.277. The molecule has 7 heteroatoms. The van der Waals surface area contributed by atoms with Crippen molar-refractivity contribution in [2.24, 2.45) is 0 Å². The zero-order valence-electron chi connectivity index (χ0n) is 10.1. The van der Waals surface area contributed by atoms with Crippen molar-refractivity contribution in [1.82, 2.24) is 0 Å². The van der Waals surface area contributed by atoms with Gasteiger partial charge in [-0.05, 0) is 41.9 Å². The molecule has 2 rings (SSSR count). The van der Waals surface area contributed by atoms with Crippen LogP contribution in [0, 0.1) is 0 Å². The number of carbonyl (C=O) groups excluding carboxylic acids is 1. The molecular weight excluding hydrogens is 322 g/mol. The fraction of sp³-hybridized carbons (Fsp3) is 0.364. The highest BCUT2D eigenvalue weighted by Crippen LogP contribution is 2.43. The maximum absolute atomic E-state index is 12.1. The number of sulfonamides is 1. The molecule has 0 saturated carbocycles. The standard InChI is InChI=1S/C11H12BrNO4S/c1-11(2)10(14)13(18(11,15)16)9-6-7(17-3)4-5-8(9)12/h4-6H,1-3H3. The second kappa shape index (κ2) is 3.96. The van der Waals surface area contributed by atoms with Gasteiger partial charge >= 0.3 is 0 Å². The monoisotopic (exact) mass is 333 g/mol. The van der Waals surface area contributed by atoms with Crippen molar-refractivity contribution < 1.29 is 17.9 Å². The molecule has 5 nitrogen and oxygen atoms in total. The van der Waals surface area contributed by atoms with Crippen LogP contribution in [0.2, 0.25) is 0 Å². The van der Waals surface area contributed by atoms with Gasteiger partial charge < -0.3 is 4.74 Å². The first kappa shape index (κ1) is 13.4. The van der Waals surface area contributed by atoms with Crippen molar-refractivity contribution in [3.05, 3.63) is 22.7 Å². The minimum atomic E-state index is -3.65. The number of rotatable bonds is 2. The maximum Gasteiger partial charge on any atom is 0.263 e. The van der Waals surface area contributed by atoms with E-state index in [0.29, 0.717) is 10.2 Å². The summed E-state index contributed by atoms with van der Waals surface area (Å²) in [5.74, 6) is 0.0392. The van der Waals surface area contributed by atoms with E-state index in [4.69, 9.17) is 4.74 Å². The molecule has 0 bridgehead atoms. The summed E-state index contributed by atoms with van der Waals surface area (Å²) >= 11 is 3.24. The second-order valence-corrected chi connectivity index (χ2v) is 7.59. The predicted octanol–water partition coefficient (Wildman–Crippen LogP) is 1.91. The first-order chi connectivity index (χ1) is 8.23. The lowest BCUT2D eigenvalue weighted by atomic mass is 10.1. The summed E-state index contributed by atoms with van der Waals surface area (Å²) in [6.07, 6.45) is 0. The average molecular weight is 334 g/mol. The average Bonchev–Trinajstić information content (AvgIpc) is 2.31. The zero-order valence-corrected chi connectivity index (χ0v) is 12.5. The third kappa shape index (κ3) is 1.57. The van der Waals surface area contributed by atoms with Crippen molar-refractivity contribution in [3.63, 3.8) is 0 Å². The van der Waals surface area contributed by atoms with Gasteiger partial charge in [0.1, 0.15) is 5.75 Å². The molecule has 0 atom stereocenters. The van der Waals surface area contributed by atoms with E-state index in [1.54, 1.807) is 12.1 Å². The molecule has 0 N–H and O–H groups in total. The summed E-state index contributed by atoms with van der Waals surface area (Å²) in [6.45, 7) is 2.80. The number of hydrogen-bond donors (Lipinski definition) is 0. The van der Waals surface area contributed by atoms with E-state index in [-0.39, 0.29) is 5.69 Å². The first-order valence-corrected chi connectivity index (χ1v) is 7.39. The van der Waals surface area contributed by atoms with Crippen LogP contribution in [-0.2, 0) is 14.8 Å². The molecule has 98 valence electrons. The third-order valence-electron chi connectivity index (χ3n) is 2.96. The Morgan fingerprint density at radius 3 is 2.44 bits per heavy atom. The minimum absolute atomic E-state index is 0.277. The van der Waals surface area contributed by atoms with Crippen LogP contribution < -0.4 is 9.04 Å². The number of ether oxygens (including phenoxy) is 1. The van der Waals surface area contributed by atoms with Gasteiger partial charge in [-0.2, -0.15) is 0 Å². The lowest BCUT2D eigenvalue weighted by Crippen LogP contribution is -2.67. The Bertz CT molecular complexity index is 624. The Morgan fingerprint density at radius 1 is 1.33 bits per heavy atom. The summed E-state index contributed by atoms with van der Waals surface area (Å²) in [7, 11) is -2.18. The quantitative estimate of drug-likeness (QED) is 0.829. The van der Waals surface area contributed by atoms with E-state index in [9.17, 15) is 13.2 Å². The van der Waals surface area contributed by atoms with Crippen LogP contribution in [-0.4, -0.2) is 26.2 Å². The van der Waals surface area contributed by atoms with Gasteiger partial charge in [0.15, 0.2) is 4.75 Å². The van der Waals surface area contributed by atoms with Crippen LogP contribution in [0.5, 0.6) is 5.75 Å². The lowest BCUT2D eigenvalue weighted by molar-refractivity contribution is -0.120. The number of hydrogen-bond acceptors (Lipinski definition) is 4. The zero-order chi connectivity index (χ0) is 13.7. The molecule has 18 heavy (non-hydrogen) atoms. The molecule has 1 amide bonds. The molecule has 1 aliphatic heterocycles. The molecule has 0 aliphatic carbocycles. The van der Waals surface area contributed by atoms with Crippen LogP contribution in [0.15, 0.2) is 22.7 Å². The second-order valence-electron chi connectivity index (χ2n) is 4.40. The smallest absolute Gasteiger partial charge is 0.263 e. The molecular formula is C11H12BrNO4S. The molecule has 1 aliphatic rings. The molecule has 1 aromatic rings. The number of nitrogens with zero attached hydrogens (tertiary/aromatic N) is 1. The van der Waals surface area contributed by atoms with Crippen molar-refractivity contribution in [1.29, 1.82) is 0 Å². The lowest BCUT2D eigenvalue weighted by Gasteiger charge is -2.43. The topological polar surface area (TPSA) is 63.7 Å². The van der Waals surface area contributed by atoms with Crippen LogP contribution in [0.4, 0.5) is 5.69 Å². The Balaban J connectivity index is 2.55. The van der Waals surface area contributed by atoms with Gasteiger partial charge in [0.2, 0.25) is 0 Å². The van der Waals surface area contributed by atoms with Gasteiger partial charge in [0.25, 0.3) is 15.9 Å². The molecule has 0 unspecified atom stereocenters. The fourth-order valence-electron chi connectivity index (χ4n) is 1.67. The number of amides is 1. The highest BCUT2D eigenvalue weighted by Gasteiger charge is 2.61. The molecule has 0 radical (unpaired) electrons. The molecule has 1 saturated heterocycles. The number of methoxy groups -OCH3 is 1. The van der Waals surface area contributed by atoms with Crippen molar-refractivity contribution >= 4 is 37.5 Å². The molecule has 1 fully saturated rings. The Hall–Kier alpha value is -1.08. The van der Waals surface area contributed by atoms with E-state index in [2.05, 4.69) is 15.9 Å². The first-order valence-electron chi connectivity index (χ1n) is 5.16. The molecule has 0 spiro atoms. The van der Waals surface area contributed by atoms with Gasteiger partial charge in [-0.25, -0.2) is 12.7 Å². The van der Waals surface area contributed by atoms with E-state index in [1.165, 1.54) is 27.0 Å². The van der Waals surface area contributed by atoms with Crippen molar-refractivity contribution in [2.45, 2.75) is 18.6 Å². The van der Waals surface area contributed by atoms with Crippen LogP contribution in [0.25, 0.3) is 0 Å². The highest BCUT2D eigenvalue weighted by molar-refractivity contribution is 9.10. The Kier molecular flexibility index (Phi) is 2.94. The van der Waals surface area contributed by atoms with Crippen LogP contribution in [0.3, 0.4) is 0 Å². The molecule has 1 heterocycles. The van der Waals surface area contributed by atoms with E-state index < -0.39 is 20.7 Å². The number of halogens is 1. The summed E-state index contributed by atoms with van der Waals surface area (Å²) in [4.78, 5) is 11.9. The summed E-state index contributed by atoms with van der Waals surface area (Å²) in [6, 6.07) is 4.83.